The van der Waals surface area contributed by atoms with Crippen LogP contribution in [0, 0.1) is 0 Å². The van der Waals surface area contributed by atoms with E-state index in [0.29, 0.717) is 0 Å². The number of likely N-dealkylation sites (tertiary alicyclic amines) is 1. The zero-order valence-corrected chi connectivity index (χ0v) is 11.9. The molecule has 1 saturated heterocycles. The highest BCUT2D eigenvalue weighted by atomic mass is 35.5. The normalized spacial score (nSPS) is 28.7. The van der Waals surface area contributed by atoms with Crippen LogP contribution in [0.1, 0.15) is 30.8 Å². The van der Waals surface area contributed by atoms with E-state index < -0.39 is 30.0 Å². The van der Waals surface area contributed by atoms with Gasteiger partial charge in [-0.1, -0.05) is 24.6 Å². The number of halogens is 3. The molecule has 0 bridgehead atoms. The van der Waals surface area contributed by atoms with Crippen molar-refractivity contribution in [3.63, 3.8) is 0 Å². The number of alkyl halides is 2. The van der Waals surface area contributed by atoms with Crippen molar-refractivity contribution < 1.29 is 18.7 Å². The van der Waals surface area contributed by atoms with Crippen LogP contribution in [0.15, 0.2) is 18.2 Å². The van der Waals surface area contributed by atoms with Gasteiger partial charge in [-0.15, -0.1) is 0 Å². The molecule has 0 saturated carbocycles. The van der Waals surface area contributed by atoms with E-state index in [2.05, 4.69) is 4.98 Å². The van der Waals surface area contributed by atoms with Crippen LogP contribution < -0.4 is 0 Å². The number of nitrogens with zero attached hydrogens (tertiary/aromatic N) is 2. The number of aliphatic hydroxyl groups excluding tert-OH is 1. The molecule has 1 aromatic heterocycles. The summed E-state index contributed by atoms with van der Waals surface area (Å²) in [6, 6.07) is 4.43. The van der Waals surface area contributed by atoms with Crippen LogP contribution >= 0.6 is 11.6 Å². The van der Waals surface area contributed by atoms with Crippen molar-refractivity contribution in [1.82, 2.24) is 9.88 Å². The Kier molecular flexibility index (Phi) is 3.73. The van der Waals surface area contributed by atoms with Crippen LogP contribution in [0.3, 0.4) is 0 Å². The molecular weight excluding hydrogens is 290 g/mol. The first-order valence-corrected chi connectivity index (χ1v) is 6.60. The highest BCUT2D eigenvalue weighted by Gasteiger charge is 2.61. The lowest BCUT2D eigenvalue weighted by Crippen LogP contribution is -2.51. The second-order valence-electron chi connectivity index (χ2n) is 5.11. The monoisotopic (exact) mass is 304 g/mol. The summed E-state index contributed by atoms with van der Waals surface area (Å²) in [5.41, 5.74) is -1.34. The van der Waals surface area contributed by atoms with Crippen molar-refractivity contribution in [3.05, 3.63) is 29.0 Å². The minimum absolute atomic E-state index is 0.0120. The molecule has 110 valence electrons. The average Bonchev–Trinajstić information content (AvgIpc) is 2.59. The smallest absolute Gasteiger partial charge is 0.292 e. The van der Waals surface area contributed by atoms with Gasteiger partial charge in [-0.3, -0.25) is 4.79 Å². The van der Waals surface area contributed by atoms with Gasteiger partial charge < -0.3 is 10.0 Å². The standard InChI is InChI=1S/C13H15ClF2N2O2/c1-3-12(2)11(20)13(15,16)7-18(12)10(19)8-5-4-6-9(14)17-8/h4-6,11,20H,3,7H2,1-2H3/t11-,12+/m1/s1. The minimum atomic E-state index is -3.33. The number of hydrogen-bond donors (Lipinski definition) is 1. The van der Waals surface area contributed by atoms with E-state index >= 15 is 0 Å². The largest absolute Gasteiger partial charge is 0.384 e. The fourth-order valence-corrected chi connectivity index (χ4v) is 2.60. The Morgan fingerprint density at radius 2 is 2.25 bits per heavy atom. The molecule has 2 atom stereocenters. The van der Waals surface area contributed by atoms with Gasteiger partial charge in [0.15, 0.2) is 0 Å². The van der Waals surface area contributed by atoms with Gasteiger partial charge in [-0.05, 0) is 25.5 Å². The van der Waals surface area contributed by atoms with Crippen molar-refractivity contribution in [2.45, 2.75) is 37.8 Å². The third kappa shape index (κ3) is 2.27. The van der Waals surface area contributed by atoms with E-state index in [9.17, 15) is 18.7 Å². The maximum Gasteiger partial charge on any atom is 0.292 e. The third-order valence-corrected chi connectivity index (χ3v) is 4.08. The number of amides is 1. The van der Waals surface area contributed by atoms with Crippen LogP contribution in [0.4, 0.5) is 8.78 Å². The number of hydrogen-bond acceptors (Lipinski definition) is 3. The molecule has 20 heavy (non-hydrogen) atoms. The number of pyridine rings is 1. The van der Waals surface area contributed by atoms with Crippen molar-refractivity contribution in [2.75, 3.05) is 6.54 Å². The molecule has 1 fully saturated rings. The molecule has 0 aliphatic carbocycles. The van der Waals surface area contributed by atoms with Gasteiger partial charge >= 0.3 is 0 Å². The van der Waals surface area contributed by atoms with E-state index in [1.807, 2.05) is 0 Å². The summed E-state index contributed by atoms with van der Waals surface area (Å²) >= 11 is 5.71. The van der Waals surface area contributed by atoms with Gasteiger partial charge in [-0.25, -0.2) is 13.8 Å². The van der Waals surface area contributed by atoms with Gasteiger partial charge in [0.1, 0.15) is 17.0 Å². The second-order valence-corrected chi connectivity index (χ2v) is 5.50. The number of aromatic nitrogens is 1. The van der Waals surface area contributed by atoms with Crippen LogP contribution in [0.5, 0.6) is 0 Å². The van der Waals surface area contributed by atoms with E-state index in [1.165, 1.54) is 25.1 Å². The molecule has 1 aliphatic rings. The summed E-state index contributed by atoms with van der Waals surface area (Å²) in [4.78, 5) is 17.2. The first kappa shape index (κ1) is 15.1. The second kappa shape index (κ2) is 4.93. The molecule has 7 heteroatoms. The Balaban J connectivity index is 2.39. The summed E-state index contributed by atoms with van der Waals surface area (Å²) in [5, 5.41) is 9.92. The molecule has 4 nitrogen and oxygen atoms in total. The summed E-state index contributed by atoms with van der Waals surface area (Å²) in [6.45, 7) is 2.27. The predicted octanol–water partition coefficient (Wildman–Crippen LogP) is 2.36. The third-order valence-electron chi connectivity index (χ3n) is 3.87. The summed E-state index contributed by atoms with van der Waals surface area (Å²) in [5.74, 6) is -3.99. The lowest BCUT2D eigenvalue weighted by molar-refractivity contribution is -0.0946. The zero-order chi connectivity index (χ0) is 15.1. The fraction of sp³-hybridized carbons (Fsp3) is 0.538. The molecule has 2 rings (SSSR count). The van der Waals surface area contributed by atoms with Crippen molar-refractivity contribution >= 4 is 17.5 Å². The Bertz CT molecular complexity index is 541. The van der Waals surface area contributed by atoms with Gasteiger partial charge in [0.2, 0.25) is 0 Å². The first-order valence-electron chi connectivity index (χ1n) is 6.23. The number of carbonyl (C=O) groups excluding carboxylic acids is 1. The van der Waals surface area contributed by atoms with Crippen LogP contribution in [-0.2, 0) is 0 Å². The van der Waals surface area contributed by atoms with Crippen LogP contribution in [-0.4, -0.2) is 45.0 Å². The molecule has 2 heterocycles. The fourth-order valence-electron chi connectivity index (χ4n) is 2.43. The number of rotatable bonds is 2. The maximum absolute atomic E-state index is 13.7. The summed E-state index contributed by atoms with van der Waals surface area (Å²) in [6.07, 6.45) is -1.70. The van der Waals surface area contributed by atoms with E-state index in [4.69, 9.17) is 11.6 Å². The van der Waals surface area contributed by atoms with E-state index in [0.717, 1.165) is 4.90 Å². The van der Waals surface area contributed by atoms with Gasteiger partial charge in [0.25, 0.3) is 11.8 Å². The van der Waals surface area contributed by atoms with Crippen molar-refractivity contribution in [3.8, 4) is 0 Å². The topological polar surface area (TPSA) is 53.4 Å². The molecule has 1 amide bonds. The molecule has 0 unspecified atom stereocenters. The molecule has 1 aliphatic heterocycles. The Morgan fingerprint density at radius 1 is 1.60 bits per heavy atom. The first-order chi connectivity index (χ1) is 9.22. The van der Waals surface area contributed by atoms with Gasteiger partial charge in [0.05, 0.1) is 12.1 Å². The lowest BCUT2D eigenvalue weighted by atomic mass is 9.91. The maximum atomic E-state index is 13.7. The molecule has 1 N–H and O–H groups in total. The number of carbonyl (C=O) groups is 1. The molecule has 0 aromatic carbocycles. The van der Waals surface area contributed by atoms with Gasteiger partial charge in [0, 0.05) is 0 Å². The average molecular weight is 305 g/mol. The highest BCUT2D eigenvalue weighted by Crippen LogP contribution is 2.42. The SMILES string of the molecule is CC[C@@]1(C)[C@@H](O)C(F)(F)CN1C(=O)c1cccc(Cl)n1. The van der Waals surface area contributed by atoms with Crippen molar-refractivity contribution in [1.29, 1.82) is 0 Å². The van der Waals surface area contributed by atoms with Gasteiger partial charge in [-0.2, -0.15) is 0 Å². The Hall–Kier alpha value is -1.27. The predicted molar refractivity (Wildman–Crippen MR) is 69.9 cm³/mol. The van der Waals surface area contributed by atoms with Crippen LogP contribution in [0.25, 0.3) is 0 Å². The summed E-state index contributed by atoms with van der Waals surface area (Å²) < 4.78 is 27.5. The Morgan fingerprint density at radius 3 is 2.80 bits per heavy atom. The Labute approximate surface area is 120 Å². The summed E-state index contributed by atoms with van der Waals surface area (Å²) in [7, 11) is 0. The molecule has 0 radical (unpaired) electrons. The minimum Gasteiger partial charge on any atom is -0.384 e. The molecule has 0 spiro atoms. The number of aliphatic hydroxyl groups is 1. The van der Waals surface area contributed by atoms with E-state index in [1.54, 1.807) is 6.92 Å². The molecular formula is C13H15ClF2N2O2. The highest BCUT2D eigenvalue weighted by molar-refractivity contribution is 6.29. The van der Waals surface area contributed by atoms with E-state index in [-0.39, 0.29) is 17.3 Å². The van der Waals surface area contributed by atoms with Crippen molar-refractivity contribution in [2.24, 2.45) is 0 Å². The van der Waals surface area contributed by atoms with Crippen LogP contribution in [0.2, 0.25) is 5.15 Å². The quantitative estimate of drug-likeness (QED) is 0.853. The molecule has 1 aromatic rings. The zero-order valence-electron chi connectivity index (χ0n) is 11.1. The lowest BCUT2D eigenvalue weighted by Gasteiger charge is -2.35.